The fourth-order valence-corrected chi connectivity index (χ4v) is 3.17. The zero-order chi connectivity index (χ0) is 15.7. The molecule has 1 aromatic rings. The molecule has 1 N–H and O–H groups in total. The Balaban J connectivity index is 3.47. The van der Waals surface area contributed by atoms with E-state index in [1.165, 1.54) is 6.92 Å². The average molecular weight is 332 g/mol. The van der Waals surface area contributed by atoms with Gasteiger partial charge in [-0.2, -0.15) is 17.5 Å². The van der Waals surface area contributed by atoms with Crippen LogP contribution in [-0.4, -0.2) is 37.5 Å². The Labute approximate surface area is 119 Å². The maximum absolute atomic E-state index is 12.9. The topological polar surface area (TPSA) is 57.6 Å². The Morgan fingerprint density at radius 2 is 1.95 bits per heavy atom. The molecule has 9 heteroatoms. The number of aliphatic hydroxyl groups is 1. The second-order valence-corrected chi connectivity index (χ2v) is 6.59. The average Bonchev–Trinajstić information content (AvgIpc) is 2.35. The van der Waals surface area contributed by atoms with Crippen LogP contribution in [0.2, 0.25) is 5.02 Å². The van der Waals surface area contributed by atoms with Gasteiger partial charge in [-0.05, 0) is 25.1 Å². The molecule has 0 bridgehead atoms. The first-order valence-electron chi connectivity index (χ1n) is 5.47. The zero-order valence-corrected chi connectivity index (χ0v) is 12.2. The lowest BCUT2D eigenvalue weighted by atomic mass is 10.2. The highest BCUT2D eigenvalue weighted by Crippen LogP contribution is 2.36. The number of alkyl halides is 3. The van der Waals surface area contributed by atoms with Gasteiger partial charge in [-0.15, -0.1) is 0 Å². The van der Waals surface area contributed by atoms with Crippen LogP contribution in [0.25, 0.3) is 0 Å². The van der Waals surface area contributed by atoms with Crippen molar-refractivity contribution in [2.24, 2.45) is 0 Å². The molecule has 0 aliphatic heterocycles. The third kappa shape index (κ3) is 3.43. The number of hydrogen-bond acceptors (Lipinski definition) is 3. The molecule has 1 atom stereocenters. The molecule has 114 valence electrons. The van der Waals surface area contributed by atoms with Crippen LogP contribution < -0.4 is 0 Å². The Morgan fingerprint density at radius 3 is 2.40 bits per heavy atom. The number of nitrogens with zero attached hydrogens (tertiary/aromatic N) is 1. The van der Waals surface area contributed by atoms with Gasteiger partial charge in [0.25, 0.3) is 0 Å². The number of sulfonamides is 1. The van der Waals surface area contributed by atoms with Gasteiger partial charge in [0.1, 0.15) is 0 Å². The Morgan fingerprint density at radius 1 is 1.40 bits per heavy atom. The molecule has 0 fully saturated rings. The molecule has 0 amide bonds. The van der Waals surface area contributed by atoms with Crippen molar-refractivity contribution in [2.45, 2.75) is 24.0 Å². The molecule has 1 unspecified atom stereocenters. The minimum Gasteiger partial charge on any atom is -0.395 e. The number of aliphatic hydroxyl groups excluding tert-OH is 1. The van der Waals surface area contributed by atoms with Gasteiger partial charge in [-0.25, -0.2) is 8.42 Å². The normalized spacial score (nSPS) is 14.6. The summed E-state index contributed by atoms with van der Waals surface area (Å²) in [4.78, 5) is -0.891. The number of rotatable bonds is 4. The fourth-order valence-electron chi connectivity index (χ4n) is 1.46. The van der Waals surface area contributed by atoms with Gasteiger partial charge in [0.2, 0.25) is 10.0 Å². The lowest BCUT2D eigenvalue weighted by Crippen LogP contribution is -2.38. The largest absolute Gasteiger partial charge is 0.417 e. The van der Waals surface area contributed by atoms with E-state index in [9.17, 15) is 21.6 Å². The van der Waals surface area contributed by atoms with Crippen molar-refractivity contribution in [3.63, 3.8) is 0 Å². The number of hydrogen-bond donors (Lipinski definition) is 1. The summed E-state index contributed by atoms with van der Waals surface area (Å²) in [6.45, 7) is 0.866. The van der Waals surface area contributed by atoms with Crippen LogP contribution in [0.5, 0.6) is 0 Å². The quantitative estimate of drug-likeness (QED) is 0.921. The number of likely N-dealkylation sites (N-methyl/N-ethyl adjacent to an activating group) is 1. The van der Waals surface area contributed by atoms with Crippen molar-refractivity contribution in [1.82, 2.24) is 4.31 Å². The summed E-state index contributed by atoms with van der Waals surface area (Å²) in [5.41, 5.74) is -1.33. The highest BCUT2D eigenvalue weighted by atomic mass is 35.5. The van der Waals surface area contributed by atoms with Gasteiger partial charge in [0, 0.05) is 18.1 Å². The standard InChI is InChI=1S/C11H13ClF3NO3S/c1-7(6-17)16(2)20(18,19)10-4-3-8(12)5-9(10)11(13,14)15/h3-5,7,17H,6H2,1-2H3. The summed E-state index contributed by atoms with van der Waals surface area (Å²) < 4.78 is 63.8. The summed E-state index contributed by atoms with van der Waals surface area (Å²) in [6, 6.07) is 1.59. The molecule has 0 aliphatic carbocycles. The van der Waals surface area contributed by atoms with Crippen LogP contribution in [0.4, 0.5) is 13.2 Å². The van der Waals surface area contributed by atoms with Gasteiger partial charge in [-0.3, -0.25) is 0 Å². The van der Waals surface area contributed by atoms with Crippen molar-refractivity contribution in [1.29, 1.82) is 0 Å². The van der Waals surface area contributed by atoms with Crippen LogP contribution in [0, 0.1) is 0 Å². The summed E-state index contributed by atoms with van der Waals surface area (Å²) >= 11 is 5.49. The molecule has 1 aromatic carbocycles. The maximum Gasteiger partial charge on any atom is 0.417 e. The Bertz CT molecular complexity index is 589. The van der Waals surface area contributed by atoms with E-state index in [0.717, 1.165) is 19.2 Å². The second-order valence-electron chi connectivity index (χ2n) is 4.19. The van der Waals surface area contributed by atoms with E-state index in [2.05, 4.69) is 0 Å². The predicted molar refractivity (Wildman–Crippen MR) is 68.0 cm³/mol. The fraction of sp³-hybridized carbons (Fsp3) is 0.455. The molecule has 1 rings (SSSR count). The summed E-state index contributed by atoms with van der Waals surface area (Å²) in [6.07, 6.45) is -4.85. The van der Waals surface area contributed by atoms with Gasteiger partial charge in [0.15, 0.2) is 0 Å². The van der Waals surface area contributed by atoms with Crippen molar-refractivity contribution in [3.8, 4) is 0 Å². The summed E-state index contributed by atoms with van der Waals surface area (Å²) in [5, 5.41) is 8.73. The van der Waals surface area contributed by atoms with Crippen LogP contribution in [0.1, 0.15) is 12.5 Å². The minimum absolute atomic E-state index is 0.214. The molecule has 0 aliphatic rings. The van der Waals surface area contributed by atoms with Gasteiger partial charge in [0.05, 0.1) is 17.1 Å². The molecule has 4 nitrogen and oxygen atoms in total. The van der Waals surface area contributed by atoms with Crippen molar-refractivity contribution in [2.75, 3.05) is 13.7 Å². The van der Waals surface area contributed by atoms with Crippen molar-refractivity contribution >= 4 is 21.6 Å². The third-order valence-electron chi connectivity index (χ3n) is 2.79. The molecular weight excluding hydrogens is 319 g/mol. The van der Waals surface area contributed by atoms with Gasteiger partial charge >= 0.3 is 6.18 Å². The van der Waals surface area contributed by atoms with E-state index in [4.69, 9.17) is 16.7 Å². The van der Waals surface area contributed by atoms with E-state index < -0.39 is 39.3 Å². The van der Waals surface area contributed by atoms with Crippen LogP contribution >= 0.6 is 11.6 Å². The molecule has 0 aromatic heterocycles. The van der Waals surface area contributed by atoms with Crippen molar-refractivity contribution in [3.05, 3.63) is 28.8 Å². The van der Waals surface area contributed by atoms with Crippen LogP contribution in [0.15, 0.2) is 23.1 Å². The van der Waals surface area contributed by atoms with E-state index in [-0.39, 0.29) is 5.02 Å². The van der Waals surface area contributed by atoms with Gasteiger partial charge in [-0.1, -0.05) is 11.6 Å². The second kappa shape index (κ2) is 5.88. The van der Waals surface area contributed by atoms with E-state index >= 15 is 0 Å². The highest BCUT2D eigenvalue weighted by molar-refractivity contribution is 7.89. The zero-order valence-electron chi connectivity index (χ0n) is 10.6. The molecular formula is C11H13ClF3NO3S. The lowest BCUT2D eigenvalue weighted by Gasteiger charge is -2.24. The molecule has 0 radical (unpaired) electrons. The van der Waals surface area contributed by atoms with Crippen molar-refractivity contribution < 1.29 is 26.7 Å². The highest BCUT2D eigenvalue weighted by Gasteiger charge is 2.39. The number of halogens is 4. The summed E-state index contributed by atoms with van der Waals surface area (Å²) in [5.74, 6) is 0. The third-order valence-corrected chi connectivity index (χ3v) is 5.05. The number of benzene rings is 1. The SMILES string of the molecule is CC(CO)N(C)S(=O)(=O)c1ccc(Cl)cc1C(F)(F)F. The first-order chi connectivity index (χ1) is 9.01. The predicted octanol–water partition coefficient (Wildman–Crippen LogP) is 2.36. The summed E-state index contributed by atoms with van der Waals surface area (Å²) in [7, 11) is -3.28. The monoisotopic (exact) mass is 331 g/mol. The van der Waals surface area contributed by atoms with Gasteiger partial charge < -0.3 is 5.11 Å². The molecule has 0 saturated heterocycles. The van der Waals surface area contributed by atoms with E-state index in [1.807, 2.05) is 0 Å². The molecule has 0 saturated carbocycles. The van der Waals surface area contributed by atoms with Crippen LogP contribution in [-0.2, 0) is 16.2 Å². The minimum atomic E-state index is -4.85. The molecule has 0 heterocycles. The maximum atomic E-state index is 12.9. The van der Waals surface area contributed by atoms with Crippen LogP contribution in [0.3, 0.4) is 0 Å². The first-order valence-corrected chi connectivity index (χ1v) is 7.29. The molecule has 0 spiro atoms. The Kier molecular flexibility index (Phi) is 5.07. The first kappa shape index (κ1) is 17.2. The lowest BCUT2D eigenvalue weighted by molar-refractivity contribution is -0.139. The van der Waals surface area contributed by atoms with E-state index in [0.29, 0.717) is 10.4 Å². The Hall–Kier alpha value is -0.830. The molecule has 20 heavy (non-hydrogen) atoms. The van der Waals surface area contributed by atoms with E-state index in [1.54, 1.807) is 0 Å². The smallest absolute Gasteiger partial charge is 0.395 e.